The fourth-order valence-electron chi connectivity index (χ4n) is 2.85. The van der Waals surface area contributed by atoms with Crippen LogP contribution in [0.5, 0.6) is 0 Å². The zero-order valence-corrected chi connectivity index (χ0v) is 15.1. The molecule has 2 aromatic rings. The van der Waals surface area contributed by atoms with Gasteiger partial charge in [0.1, 0.15) is 4.90 Å². The second kappa shape index (κ2) is 8.29. The molecule has 26 heavy (non-hydrogen) atoms. The van der Waals surface area contributed by atoms with Gasteiger partial charge in [0.05, 0.1) is 12.5 Å². The van der Waals surface area contributed by atoms with E-state index < -0.39 is 10.0 Å². The van der Waals surface area contributed by atoms with E-state index in [1.807, 2.05) is 0 Å². The molecule has 0 aromatic carbocycles. The lowest BCUT2D eigenvalue weighted by Crippen LogP contribution is -2.41. The van der Waals surface area contributed by atoms with Crippen LogP contribution in [-0.2, 0) is 14.8 Å². The van der Waals surface area contributed by atoms with Crippen LogP contribution in [0.15, 0.2) is 58.5 Å². The summed E-state index contributed by atoms with van der Waals surface area (Å²) in [6.07, 6.45) is 10.6. The number of hydrogen-bond acceptors (Lipinski definition) is 5. The Morgan fingerprint density at radius 2 is 2.15 bits per heavy atom. The summed E-state index contributed by atoms with van der Waals surface area (Å²) in [5, 5.41) is 2.87. The van der Waals surface area contributed by atoms with Crippen molar-refractivity contribution in [1.29, 1.82) is 0 Å². The molecule has 1 aliphatic heterocycles. The third-order valence-electron chi connectivity index (χ3n) is 4.38. The molecule has 0 saturated carbocycles. The normalized spacial score (nSPS) is 16.8. The van der Waals surface area contributed by atoms with Gasteiger partial charge in [-0.3, -0.25) is 9.78 Å². The monoisotopic (exact) mass is 375 g/mol. The Morgan fingerprint density at radius 1 is 1.35 bits per heavy atom. The first kappa shape index (κ1) is 18.3. The predicted molar refractivity (Wildman–Crippen MR) is 96.5 cm³/mol. The fourth-order valence-corrected chi connectivity index (χ4v) is 4.28. The van der Waals surface area contributed by atoms with Gasteiger partial charge >= 0.3 is 0 Å². The molecule has 0 spiro atoms. The number of hydrogen-bond donors (Lipinski definition) is 1. The third kappa shape index (κ3) is 4.59. The minimum atomic E-state index is -3.49. The topological polar surface area (TPSA) is 92.5 Å². The number of carbonyl (C=O) groups excluding carboxylic acids is 1. The van der Waals surface area contributed by atoms with E-state index in [4.69, 9.17) is 4.42 Å². The highest BCUT2D eigenvalue weighted by molar-refractivity contribution is 7.89. The molecule has 1 fully saturated rings. The molecule has 3 heterocycles. The van der Waals surface area contributed by atoms with E-state index in [0.717, 1.165) is 5.56 Å². The van der Waals surface area contributed by atoms with Crippen LogP contribution in [0.25, 0.3) is 6.08 Å². The number of amides is 1. The van der Waals surface area contributed by atoms with Crippen LogP contribution in [0.4, 0.5) is 0 Å². The average molecular weight is 375 g/mol. The number of aromatic nitrogens is 1. The van der Waals surface area contributed by atoms with Crippen LogP contribution < -0.4 is 5.32 Å². The van der Waals surface area contributed by atoms with Gasteiger partial charge in [-0.05, 0) is 43.0 Å². The molecule has 0 radical (unpaired) electrons. The Morgan fingerprint density at radius 3 is 2.81 bits per heavy atom. The van der Waals surface area contributed by atoms with E-state index in [1.165, 1.54) is 16.6 Å². The van der Waals surface area contributed by atoms with Gasteiger partial charge in [-0.25, -0.2) is 8.42 Å². The number of pyridine rings is 1. The molecule has 1 amide bonds. The predicted octanol–water partition coefficient (Wildman–Crippen LogP) is 1.90. The van der Waals surface area contributed by atoms with E-state index in [-0.39, 0.29) is 16.7 Å². The average Bonchev–Trinajstić information content (AvgIpc) is 3.19. The van der Waals surface area contributed by atoms with Crippen LogP contribution in [0, 0.1) is 5.92 Å². The van der Waals surface area contributed by atoms with Gasteiger partial charge in [-0.2, -0.15) is 4.31 Å². The van der Waals surface area contributed by atoms with Crippen molar-refractivity contribution >= 4 is 22.0 Å². The van der Waals surface area contributed by atoms with Crippen molar-refractivity contribution in [2.24, 2.45) is 5.92 Å². The van der Waals surface area contributed by atoms with Gasteiger partial charge in [-0.15, -0.1) is 0 Å². The highest BCUT2D eigenvalue weighted by Gasteiger charge is 2.29. The number of nitrogens with one attached hydrogen (secondary N) is 1. The van der Waals surface area contributed by atoms with Crippen LogP contribution in [0.1, 0.15) is 18.4 Å². The Labute approximate surface area is 152 Å². The van der Waals surface area contributed by atoms with Crippen molar-refractivity contribution in [3.05, 3.63) is 54.8 Å². The minimum Gasteiger partial charge on any atom is -0.472 e. The highest BCUT2D eigenvalue weighted by atomic mass is 32.2. The fraction of sp³-hybridized carbons (Fsp3) is 0.333. The maximum atomic E-state index is 12.6. The van der Waals surface area contributed by atoms with Gasteiger partial charge in [0.25, 0.3) is 0 Å². The molecule has 1 N–H and O–H groups in total. The van der Waals surface area contributed by atoms with E-state index in [2.05, 4.69) is 10.3 Å². The maximum Gasteiger partial charge on any atom is 0.244 e. The SMILES string of the molecule is O=C(C=Cc1ccoc1)NCC1CCN(S(=O)(=O)c2cccnc2)CC1. The second-order valence-corrected chi connectivity index (χ2v) is 8.11. The molecule has 138 valence electrons. The minimum absolute atomic E-state index is 0.170. The van der Waals surface area contributed by atoms with Crippen LogP contribution in [0.2, 0.25) is 0 Å². The smallest absolute Gasteiger partial charge is 0.244 e. The number of rotatable bonds is 6. The molecule has 0 unspecified atom stereocenters. The Bertz CT molecular complexity index is 840. The lowest BCUT2D eigenvalue weighted by molar-refractivity contribution is -0.116. The molecule has 3 rings (SSSR count). The molecular formula is C18H21N3O4S. The molecule has 1 saturated heterocycles. The lowest BCUT2D eigenvalue weighted by atomic mass is 9.98. The summed E-state index contributed by atoms with van der Waals surface area (Å²) in [7, 11) is -3.49. The van der Waals surface area contributed by atoms with E-state index >= 15 is 0 Å². The summed E-state index contributed by atoms with van der Waals surface area (Å²) in [6.45, 7) is 1.43. The lowest BCUT2D eigenvalue weighted by Gasteiger charge is -2.31. The standard InChI is InChI=1S/C18H21N3O4S/c22-18(4-3-16-7-11-25-14-16)20-12-15-5-9-21(10-6-15)26(23,24)17-2-1-8-19-13-17/h1-4,7-8,11,13-15H,5-6,9-10,12H2,(H,20,22). The van der Waals surface area contributed by atoms with Crippen molar-refractivity contribution < 1.29 is 17.6 Å². The number of nitrogens with zero attached hydrogens (tertiary/aromatic N) is 2. The van der Waals surface area contributed by atoms with Crippen molar-refractivity contribution in [1.82, 2.24) is 14.6 Å². The van der Waals surface area contributed by atoms with Crippen molar-refractivity contribution in [2.45, 2.75) is 17.7 Å². The molecule has 8 heteroatoms. The third-order valence-corrected chi connectivity index (χ3v) is 6.26. The van der Waals surface area contributed by atoms with Crippen molar-refractivity contribution in [3.8, 4) is 0 Å². The summed E-state index contributed by atoms with van der Waals surface area (Å²) in [6, 6.07) is 4.94. The van der Waals surface area contributed by atoms with Crippen LogP contribution in [-0.4, -0.2) is 43.2 Å². The van der Waals surface area contributed by atoms with Crippen molar-refractivity contribution in [3.63, 3.8) is 0 Å². The first-order valence-electron chi connectivity index (χ1n) is 8.44. The quantitative estimate of drug-likeness (QED) is 0.779. The molecule has 2 aromatic heterocycles. The Hall–Kier alpha value is -2.45. The molecule has 0 aliphatic carbocycles. The Balaban J connectivity index is 1.46. The Kier molecular flexibility index (Phi) is 5.85. The molecule has 0 atom stereocenters. The second-order valence-electron chi connectivity index (χ2n) is 6.17. The number of piperidine rings is 1. The van der Waals surface area contributed by atoms with E-state index in [1.54, 1.807) is 43.0 Å². The number of furan rings is 1. The number of sulfonamides is 1. The first-order chi connectivity index (χ1) is 12.6. The molecule has 0 bridgehead atoms. The summed E-state index contributed by atoms with van der Waals surface area (Å²) in [5.74, 6) is 0.0956. The van der Waals surface area contributed by atoms with E-state index in [0.29, 0.717) is 32.5 Å². The first-order valence-corrected chi connectivity index (χ1v) is 9.88. The highest BCUT2D eigenvalue weighted by Crippen LogP contribution is 2.23. The van der Waals surface area contributed by atoms with Crippen LogP contribution in [0.3, 0.4) is 0 Å². The van der Waals surface area contributed by atoms with Crippen molar-refractivity contribution in [2.75, 3.05) is 19.6 Å². The molecule has 7 nitrogen and oxygen atoms in total. The van der Waals surface area contributed by atoms with Gasteiger partial charge in [0, 0.05) is 43.7 Å². The summed E-state index contributed by atoms with van der Waals surface area (Å²) in [5.41, 5.74) is 0.828. The largest absolute Gasteiger partial charge is 0.472 e. The van der Waals surface area contributed by atoms with Gasteiger partial charge in [0.15, 0.2) is 0 Å². The summed E-state index contributed by atoms with van der Waals surface area (Å²) >= 11 is 0. The molecule has 1 aliphatic rings. The van der Waals surface area contributed by atoms with Crippen LogP contribution >= 0.6 is 0 Å². The van der Waals surface area contributed by atoms with Gasteiger partial charge < -0.3 is 9.73 Å². The zero-order chi connectivity index (χ0) is 18.4. The maximum absolute atomic E-state index is 12.6. The zero-order valence-electron chi connectivity index (χ0n) is 14.2. The molecular weight excluding hydrogens is 354 g/mol. The summed E-state index contributed by atoms with van der Waals surface area (Å²) in [4.78, 5) is 15.9. The van der Waals surface area contributed by atoms with E-state index in [9.17, 15) is 13.2 Å². The van der Waals surface area contributed by atoms with Gasteiger partial charge in [0.2, 0.25) is 15.9 Å². The number of carbonyl (C=O) groups is 1. The van der Waals surface area contributed by atoms with Gasteiger partial charge in [-0.1, -0.05) is 0 Å². The summed E-state index contributed by atoms with van der Waals surface area (Å²) < 4.78 is 31.5.